The van der Waals surface area contributed by atoms with E-state index in [2.05, 4.69) is 170 Å². The highest BCUT2D eigenvalue weighted by molar-refractivity contribution is 6.18. The van der Waals surface area contributed by atoms with E-state index in [0.29, 0.717) is 11.4 Å². The molecule has 2 heteroatoms. The average molecular weight is 763 g/mol. The van der Waals surface area contributed by atoms with Crippen LogP contribution in [0.25, 0.3) is 44.2 Å². The predicted molar refractivity (Wildman–Crippen MR) is 247 cm³/mol. The van der Waals surface area contributed by atoms with Crippen molar-refractivity contribution in [3.8, 4) is 33.4 Å². The Morgan fingerprint density at radius 3 is 1.37 bits per heavy atom. The van der Waals surface area contributed by atoms with E-state index >= 15 is 0 Å². The molecule has 0 radical (unpaired) electrons. The molecule has 0 aliphatic heterocycles. The molecule has 0 fully saturated rings. The zero-order valence-electron chi connectivity index (χ0n) is 32.8. The summed E-state index contributed by atoms with van der Waals surface area (Å²) in [5, 5.41) is 20.2. The number of nitrogens with one attached hydrogen (secondary N) is 2. The van der Waals surface area contributed by atoms with Crippen LogP contribution in [-0.2, 0) is 10.8 Å². The summed E-state index contributed by atoms with van der Waals surface area (Å²) in [4.78, 5) is 0. The number of rotatable bonds is 5. The van der Waals surface area contributed by atoms with Crippen LogP contribution >= 0.6 is 0 Å². The highest BCUT2D eigenvalue weighted by atomic mass is 14.6. The van der Waals surface area contributed by atoms with Crippen molar-refractivity contribution in [1.82, 2.24) is 0 Å². The van der Waals surface area contributed by atoms with Crippen molar-refractivity contribution in [2.45, 2.75) is 10.8 Å². The van der Waals surface area contributed by atoms with Crippen LogP contribution in [0.2, 0.25) is 0 Å². The first-order valence-electron chi connectivity index (χ1n) is 20.7. The van der Waals surface area contributed by atoms with Gasteiger partial charge < -0.3 is 10.8 Å². The Kier molecular flexibility index (Phi) is 7.40. The lowest BCUT2D eigenvalue weighted by Gasteiger charge is -2.48. The minimum absolute atomic E-state index is 0.365. The lowest BCUT2D eigenvalue weighted by Crippen LogP contribution is -2.43. The van der Waals surface area contributed by atoms with Gasteiger partial charge >= 0.3 is 0 Å². The molecule has 0 bridgehead atoms. The van der Waals surface area contributed by atoms with E-state index in [1.807, 2.05) is 36.4 Å². The Bertz CT molecular complexity index is 3230. The van der Waals surface area contributed by atoms with Crippen molar-refractivity contribution < 1.29 is 0 Å². The summed E-state index contributed by atoms with van der Waals surface area (Å²) in [5.74, 6) is 0. The van der Waals surface area contributed by atoms with Crippen LogP contribution in [0.5, 0.6) is 0 Å². The van der Waals surface area contributed by atoms with Crippen molar-refractivity contribution >= 4 is 22.2 Å². The van der Waals surface area contributed by atoms with Gasteiger partial charge in [-0.05, 0) is 119 Å². The first-order valence-corrected chi connectivity index (χ1v) is 20.7. The molecule has 60 heavy (non-hydrogen) atoms. The number of benzene rings is 9. The molecule has 0 atom stereocenters. The van der Waals surface area contributed by atoms with Gasteiger partial charge in [0.15, 0.2) is 0 Å². The number of hydrogen-bond donors (Lipinski definition) is 2. The molecule has 0 unspecified atom stereocenters. The lowest BCUT2D eigenvalue weighted by atomic mass is 9.52. The smallest absolute Gasteiger partial charge is 0.0720 e. The summed E-state index contributed by atoms with van der Waals surface area (Å²) in [6, 6.07) is 75.0. The second-order valence-electron chi connectivity index (χ2n) is 16.3. The van der Waals surface area contributed by atoms with E-state index in [1.165, 1.54) is 66.8 Å². The van der Waals surface area contributed by atoms with Crippen molar-refractivity contribution in [2.24, 2.45) is 0 Å². The van der Waals surface area contributed by atoms with Crippen LogP contribution in [0.4, 0.5) is 0 Å². The molecule has 280 valence electrons. The molecule has 12 rings (SSSR count). The summed E-state index contributed by atoms with van der Waals surface area (Å²) in [7, 11) is 0. The van der Waals surface area contributed by atoms with E-state index in [9.17, 15) is 0 Å². The Morgan fingerprint density at radius 2 is 0.767 bits per heavy atom. The number of hydrogen-bond acceptors (Lipinski definition) is 2. The molecule has 9 aromatic carbocycles. The van der Waals surface area contributed by atoms with Gasteiger partial charge in [-0.15, -0.1) is 0 Å². The standard InChI is InChI=1S/C58H38N2/c59-55(33-34-56(60)46-23-14-16-37-15-1-2-19-41(37)46)40-18-13-17-38(35-40)39-31-32-45-44-22-5-8-26-49(44)58(54(45)36-39)52-29-11-9-27-50(52)57(51-28-10-12-30-53(51)58)47-24-6-3-20-42(47)43-21-4-7-25-48(43)57/h1-36,59-60H/b34-33-,59-55?,60-56?. The lowest BCUT2D eigenvalue weighted by molar-refractivity contribution is 0.633. The minimum atomic E-state index is -0.568. The largest absolute Gasteiger partial charge is 0.300 e. The molecule has 3 aliphatic carbocycles. The van der Waals surface area contributed by atoms with Crippen LogP contribution in [0.1, 0.15) is 55.6 Å². The Balaban J connectivity index is 1.02. The first-order chi connectivity index (χ1) is 29.6. The molecule has 3 aliphatic rings. The van der Waals surface area contributed by atoms with Gasteiger partial charge in [0, 0.05) is 5.56 Å². The minimum Gasteiger partial charge on any atom is -0.300 e. The maximum Gasteiger partial charge on any atom is 0.0720 e. The average Bonchev–Trinajstić information content (AvgIpc) is 3.78. The molecular weight excluding hydrogens is 725 g/mol. The van der Waals surface area contributed by atoms with Gasteiger partial charge in [-0.1, -0.05) is 194 Å². The van der Waals surface area contributed by atoms with Crippen molar-refractivity contribution in [3.05, 3.63) is 274 Å². The second kappa shape index (κ2) is 12.9. The van der Waals surface area contributed by atoms with Crippen LogP contribution in [-0.4, -0.2) is 11.4 Å². The van der Waals surface area contributed by atoms with Gasteiger partial charge in [-0.3, -0.25) is 0 Å². The summed E-state index contributed by atoms with van der Waals surface area (Å²) in [5.41, 5.74) is 19.2. The molecule has 0 amide bonds. The third kappa shape index (κ3) is 4.53. The second-order valence-corrected chi connectivity index (χ2v) is 16.3. The first kappa shape index (κ1) is 34.4. The summed E-state index contributed by atoms with van der Waals surface area (Å²) >= 11 is 0. The SMILES string of the molecule is N=C(/C=C\C(=N)c1cccc2ccccc12)c1cccc(-c2ccc3c(c2)C2(c4ccccc4-3)c3ccccc3C3(c4ccccc4-c4ccccc43)c3ccccc32)c1. The highest BCUT2D eigenvalue weighted by Crippen LogP contribution is 2.67. The Hall–Kier alpha value is -7.68. The third-order valence-corrected chi connectivity index (χ3v) is 13.5. The van der Waals surface area contributed by atoms with Gasteiger partial charge in [0.2, 0.25) is 0 Å². The fourth-order valence-electron chi connectivity index (χ4n) is 11.1. The Labute approximate surface area is 349 Å². The van der Waals surface area contributed by atoms with E-state index in [-0.39, 0.29) is 0 Å². The van der Waals surface area contributed by atoms with Crippen molar-refractivity contribution in [2.75, 3.05) is 0 Å². The maximum absolute atomic E-state index is 9.13. The van der Waals surface area contributed by atoms with Gasteiger partial charge in [-0.2, -0.15) is 0 Å². The molecule has 2 spiro atoms. The zero-order chi connectivity index (χ0) is 40.0. The maximum atomic E-state index is 9.13. The molecule has 2 N–H and O–H groups in total. The number of allylic oxidation sites excluding steroid dienone is 2. The van der Waals surface area contributed by atoms with Crippen LogP contribution in [0.15, 0.2) is 218 Å². The summed E-state index contributed by atoms with van der Waals surface area (Å²) < 4.78 is 0. The fourth-order valence-corrected chi connectivity index (χ4v) is 11.1. The topological polar surface area (TPSA) is 47.7 Å². The van der Waals surface area contributed by atoms with Crippen LogP contribution in [0.3, 0.4) is 0 Å². The molecular formula is C58H38N2. The highest BCUT2D eigenvalue weighted by Gasteiger charge is 2.58. The van der Waals surface area contributed by atoms with Crippen LogP contribution in [0, 0.1) is 10.8 Å². The van der Waals surface area contributed by atoms with E-state index in [4.69, 9.17) is 10.8 Å². The van der Waals surface area contributed by atoms with Gasteiger partial charge in [0.1, 0.15) is 0 Å². The van der Waals surface area contributed by atoms with Crippen LogP contribution < -0.4 is 0 Å². The molecule has 2 nitrogen and oxygen atoms in total. The molecule has 0 aromatic heterocycles. The quantitative estimate of drug-likeness (QED) is 0.164. The van der Waals surface area contributed by atoms with Gasteiger partial charge in [0.25, 0.3) is 0 Å². The third-order valence-electron chi connectivity index (χ3n) is 13.5. The predicted octanol–water partition coefficient (Wildman–Crippen LogP) is 13.5. The van der Waals surface area contributed by atoms with Crippen molar-refractivity contribution in [1.29, 1.82) is 10.8 Å². The number of fused-ring (bicyclic) bond motifs is 17. The van der Waals surface area contributed by atoms with E-state index in [1.54, 1.807) is 12.2 Å². The normalized spacial score (nSPS) is 14.3. The Morgan fingerprint density at radius 1 is 0.333 bits per heavy atom. The van der Waals surface area contributed by atoms with E-state index in [0.717, 1.165) is 33.0 Å². The molecule has 0 saturated heterocycles. The van der Waals surface area contributed by atoms with E-state index < -0.39 is 10.8 Å². The molecule has 0 saturated carbocycles. The molecule has 0 heterocycles. The monoisotopic (exact) mass is 762 g/mol. The van der Waals surface area contributed by atoms with Gasteiger partial charge in [-0.25, -0.2) is 0 Å². The molecule has 9 aromatic rings. The fraction of sp³-hybridized carbons (Fsp3) is 0.0345. The summed E-state index contributed by atoms with van der Waals surface area (Å²) in [6.07, 6.45) is 3.50. The zero-order valence-corrected chi connectivity index (χ0v) is 32.8. The van der Waals surface area contributed by atoms with Gasteiger partial charge in [0.05, 0.1) is 22.3 Å². The van der Waals surface area contributed by atoms with Crippen molar-refractivity contribution in [3.63, 3.8) is 0 Å². The summed E-state index contributed by atoms with van der Waals surface area (Å²) in [6.45, 7) is 0.